The maximum atomic E-state index is 10.8. The summed E-state index contributed by atoms with van der Waals surface area (Å²) in [6, 6.07) is 5.13. The average molecular weight is 165 g/mol. The lowest BCUT2D eigenvalue weighted by Gasteiger charge is -1.97. The van der Waals surface area contributed by atoms with Crippen molar-refractivity contribution in [2.45, 2.75) is 0 Å². The van der Waals surface area contributed by atoms with Crippen molar-refractivity contribution in [1.82, 2.24) is 9.97 Å². The number of rotatable bonds is 1. The summed E-state index contributed by atoms with van der Waals surface area (Å²) >= 11 is 0. The number of aromatic amines is 2. The van der Waals surface area contributed by atoms with Gasteiger partial charge >= 0.3 is 5.69 Å². The number of hydrogen-bond donors (Lipinski definition) is 4. The molecule has 4 N–H and O–H groups in total. The van der Waals surface area contributed by atoms with Crippen LogP contribution in [-0.2, 0) is 0 Å². The van der Waals surface area contributed by atoms with Crippen LogP contribution in [0.1, 0.15) is 0 Å². The fourth-order valence-corrected chi connectivity index (χ4v) is 1.15. The van der Waals surface area contributed by atoms with Gasteiger partial charge in [0.1, 0.15) is 0 Å². The van der Waals surface area contributed by atoms with Gasteiger partial charge in [-0.25, -0.2) is 4.79 Å². The van der Waals surface area contributed by atoms with Crippen molar-refractivity contribution in [2.75, 3.05) is 5.48 Å². The Balaban J connectivity index is 2.87. The van der Waals surface area contributed by atoms with Crippen LogP contribution in [0, 0.1) is 0 Å². The largest absolute Gasteiger partial charge is 0.323 e. The Morgan fingerprint density at radius 2 is 2.17 bits per heavy atom. The third kappa shape index (κ3) is 0.876. The van der Waals surface area contributed by atoms with Gasteiger partial charge in [-0.15, -0.1) is 0 Å². The maximum Gasteiger partial charge on any atom is 0.323 e. The van der Waals surface area contributed by atoms with E-state index in [9.17, 15) is 4.79 Å². The highest BCUT2D eigenvalue weighted by Crippen LogP contribution is 2.16. The lowest BCUT2D eigenvalue weighted by Crippen LogP contribution is -1.99. The monoisotopic (exact) mass is 165 g/mol. The zero-order valence-electron chi connectivity index (χ0n) is 6.09. The van der Waals surface area contributed by atoms with Crippen molar-refractivity contribution >= 4 is 16.7 Å². The van der Waals surface area contributed by atoms with Gasteiger partial charge in [0.2, 0.25) is 0 Å². The minimum atomic E-state index is -0.285. The van der Waals surface area contributed by atoms with Gasteiger partial charge in [0.25, 0.3) is 0 Å². The number of para-hydroxylation sites is 1. The van der Waals surface area contributed by atoms with E-state index in [1.54, 1.807) is 18.2 Å². The van der Waals surface area contributed by atoms with Gasteiger partial charge in [0.05, 0.1) is 16.7 Å². The van der Waals surface area contributed by atoms with Crippen molar-refractivity contribution in [1.29, 1.82) is 0 Å². The van der Waals surface area contributed by atoms with E-state index in [1.807, 2.05) is 5.48 Å². The Morgan fingerprint density at radius 3 is 2.92 bits per heavy atom. The summed E-state index contributed by atoms with van der Waals surface area (Å²) in [5.41, 5.74) is 3.43. The number of aromatic nitrogens is 2. The highest BCUT2D eigenvalue weighted by molar-refractivity contribution is 5.87. The first-order chi connectivity index (χ1) is 5.81. The summed E-state index contributed by atoms with van der Waals surface area (Å²) in [7, 11) is 0. The number of imidazole rings is 1. The van der Waals surface area contributed by atoms with E-state index in [-0.39, 0.29) is 5.69 Å². The van der Waals surface area contributed by atoms with Crippen LogP contribution in [0.3, 0.4) is 0 Å². The fourth-order valence-electron chi connectivity index (χ4n) is 1.15. The minimum absolute atomic E-state index is 0.285. The molecule has 2 rings (SSSR count). The topological polar surface area (TPSA) is 80.9 Å². The summed E-state index contributed by atoms with van der Waals surface area (Å²) in [5.74, 6) is 0. The highest BCUT2D eigenvalue weighted by atomic mass is 16.5. The second-order valence-corrected chi connectivity index (χ2v) is 2.42. The standard InChI is InChI=1S/C7H7N3O2/c11-7-8-4-2-1-3-5(10-12)6(4)9-7/h1-3,10,12H,(H2,8,9,11). The molecule has 0 saturated carbocycles. The lowest BCUT2D eigenvalue weighted by atomic mass is 10.3. The molecule has 5 heteroatoms. The molecule has 0 spiro atoms. The molecule has 0 unspecified atom stereocenters. The average Bonchev–Trinajstić information content (AvgIpc) is 2.44. The van der Waals surface area contributed by atoms with Crippen LogP contribution >= 0.6 is 0 Å². The van der Waals surface area contributed by atoms with Gasteiger partial charge in [0, 0.05) is 0 Å². The second kappa shape index (κ2) is 2.38. The SMILES string of the molecule is O=c1[nH]c2cccc(NO)c2[nH]1. The zero-order chi connectivity index (χ0) is 8.55. The van der Waals surface area contributed by atoms with Gasteiger partial charge in [-0.1, -0.05) is 6.07 Å². The van der Waals surface area contributed by atoms with E-state index >= 15 is 0 Å². The van der Waals surface area contributed by atoms with Crippen LogP contribution in [-0.4, -0.2) is 15.2 Å². The molecule has 0 atom stereocenters. The quantitative estimate of drug-likeness (QED) is 0.468. The summed E-state index contributed by atoms with van der Waals surface area (Å²) < 4.78 is 0. The third-order valence-corrected chi connectivity index (χ3v) is 1.67. The van der Waals surface area contributed by atoms with Gasteiger partial charge in [0.15, 0.2) is 0 Å². The number of anilines is 1. The molecule has 0 aliphatic carbocycles. The molecule has 0 aliphatic heterocycles. The maximum absolute atomic E-state index is 10.8. The first-order valence-electron chi connectivity index (χ1n) is 3.42. The fraction of sp³-hybridized carbons (Fsp3) is 0. The van der Waals surface area contributed by atoms with Gasteiger partial charge < -0.3 is 9.97 Å². The van der Waals surface area contributed by atoms with Crippen LogP contribution in [0.15, 0.2) is 23.0 Å². The second-order valence-electron chi connectivity index (χ2n) is 2.42. The van der Waals surface area contributed by atoms with E-state index in [1.165, 1.54) is 0 Å². The van der Waals surface area contributed by atoms with E-state index in [0.29, 0.717) is 16.7 Å². The number of hydrogen-bond acceptors (Lipinski definition) is 3. The number of nitrogens with one attached hydrogen (secondary N) is 3. The number of H-pyrrole nitrogens is 2. The van der Waals surface area contributed by atoms with E-state index in [2.05, 4.69) is 9.97 Å². The molecule has 0 fully saturated rings. The Kier molecular flexibility index (Phi) is 1.38. The van der Waals surface area contributed by atoms with Gasteiger partial charge in [-0.05, 0) is 12.1 Å². The molecular formula is C7H7N3O2. The molecule has 0 bridgehead atoms. The predicted octanol–water partition coefficient (Wildman–Crippen LogP) is 0.657. The van der Waals surface area contributed by atoms with Crippen molar-refractivity contribution < 1.29 is 5.21 Å². The third-order valence-electron chi connectivity index (χ3n) is 1.67. The first-order valence-corrected chi connectivity index (χ1v) is 3.42. The normalized spacial score (nSPS) is 10.4. The highest BCUT2D eigenvalue weighted by Gasteiger charge is 2.01. The van der Waals surface area contributed by atoms with Crippen molar-refractivity contribution in [3.63, 3.8) is 0 Å². The molecule has 5 nitrogen and oxygen atoms in total. The van der Waals surface area contributed by atoms with E-state index in [0.717, 1.165) is 0 Å². The molecule has 1 heterocycles. The molecule has 1 aromatic heterocycles. The minimum Gasteiger partial charge on any atom is -0.306 e. The molecule has 0 radical (unpaired) electrons. The number of benzene rings is 1. The van der Waals surface area contributed by atoms with Gasteiger partial charge in [-0.3, -0.25) is 10.7 Å². The van der Waals surface area contributed by atoms with Crippen molar-refractivity contribution in [2.24, 2.45) is 0 Å². The van der Waals surface area contributed by atoms with Crippen LogP contribution in [0.4, 0.5) is 5.69 Å². The molecule has 0 saturated heterocycles. The molecule has 12 heavy (non-hydrogen) atoms. The molecule has 0 amide bonds. The zero-order valence-corrected chi connectivity index (χ0v) is 6.09. The molecular weight excluding hydrogens is 158 g/mol. The van der Waals surface area contributed by atoms with Crippen LogP contribution in [0.25, 0.3) is 11.0 Å². The van der Waals surface area contributed by atoms with Crippen LogP contribution in [0.5, 0.6) is 0 Å². The molecule has 0 aliphatic rings. The van der Waals surface area contributed by atoms with Crippen LogP contribution in [0.2, 0.25) is 0 Å². The summed E-state index contributed by atoms with van der Waals surface area (Å²) in [6.07, 6.45) is 0. The lowest BCUT2D eigenvalue weighted by molar-refractivity contribution is 0.389. The van der Waals surface area contributed by atoms with Crippen molar-refractivity contribution in [3.8, 4) is 0 Å². The number of fused-ring (bicyclic) bond motifs is 1. The summed E-state index contributed by atoms with van der Waals surface area (Å²) in [5, 5.41) is 8.66. The Hall–Kier alpha value is -1.75. The molecule has 62 valence electrons. The first kappa shape index (κ1) is 6.93. The smallest absolute Gasteiger partial charge is 0.306 e. The van der Waals surface area contributed by atoms with E-state index in [4.69, 9.17) is 5.21 Å². The van der Waals surface area contributed by atoms with E-state index < -0.39 is 0 Å². The Morgan fingerprint density at radius 1 is 1.33 bits per heavy atom. The predicted molar refractivity (Wildman–Crippen MR) is 44.3 cm³/mol. The van der Waals surface area contributed by atoms with Crippen LogP contribution < -0.4 is 11.2 Å². The molecule has 2 aromatic rings. The summed E-state index contributed by atoms with van der Waals surface area (Å²) in [4.78, 5) is 16.0. The van der Waals surface area contributed by atoms with Crippen molar-refractivity contribution in [3.05, 3.63) is 28.7 Å². The Bertz CT molecular complexity index is 457. The van der Waals surface area contributed by atoms with Gasteiger partial charge in [-0.2, -0.15) is 0 Å². The Labute approximate surface area is 67.0 Å². The summed E-state index contributed by atoms with van der Waals surface area (Å²) in [6.45, 7) is 0. The molecule has 1 aromatic carbocycles.